The van der Waals surface area contributed by atoms with E-state index in [4.69, 9.17) is 9.22 Å². The summed E-state index contributed by atoms with van der Waals surface area (Å²) in [5.74, 6) is 0. The second-order valence-electron chi connectivity index (χ2n) is 4.59. The highest BCUT2D eigenvalue weighted by Gasteiger charge is 2.25. The molecule has 0 aliphatic heterocycles. The summed E-state index contributed by atoms with van der Waals surface area (Å²) in [6, 6.07) is 0. The summed E-state index contributed by atoms with van der Waals surface area (Å²) in [6.07, 6.45) is 0.00732. The van der Waals surface area contributed by atoms with Crippen molar-refractivity contribution in [3.8, 4) is 0 Å². The predicted molar refractivity (Wildman–Crippen MR) is 59.7 cm³/mol. The monoisotopic (exact) mass is 222 g/mol. The minimum absolute atomic E-state index is 0.424. The van der Waals surface area contributed by atoms with Gasteiger partial charge in [-0.3, -0.25) is 0 Å². The van der Waals surface area contributed by atoms with E-state index in [1.165, 1.54) is 0 Å². The Balaban J connectivity index is 3.89. The molecule has 0 spiro atoms. The first-order valence-corrected chi connectivity index (χ1v) is 10.5. The van der Waals surface area contributed by atoms with Crippen molar-refractivity contribution in [3.05, 3.63) is 0 Å². The quantitative estimate of drug-likeness (QED) is 0.679. The van der Waals surface area contributed by atoms with E-state index in [2.05, 4.69) is 19.6 Å². The van der Waals surface area contributed by atoms with Gasteiger partial charge in [-0.2, -0.15) is 0 Å². The van der Waals surface area contributed by atoms with Gasteiger partial charge in [0.15, 0.2) is 17.4 Å². The molecule has 0 saturated carbocycles. The molecule has 0 amide bonds. The summed E-state index contributed by atoms with van der Waals surface area (Å²) in [5, 5.41) is 18.7. The second kappa shape index (κ2) is 5.26. The van der Waals surface area contributed by atoms with Crippen LogP contribution in [0.25, 0.3) is 0 Å². The van der Waals surface area contributed by atoms with Gasteiger partial charge in [-0.15, -0.1) is 0 Å². The van der Waals surface area contributed by atoms with Crippen LogP contribution in [0.1, 0.15) is 13.3 Å². The van der Waals surface area contributed by atoms with Crippen molar-refractivity contribution in [3.63, 3.8) is 0 Å². The lowest BCUT2D eigenvalue weighted by molar-refractivity contribution is 0.122. The molecule has 0 heterocycles. The highest BCUT2D eigenvalue weighted by atomic mass is 28.4. The summed E-state index contributed by atoms with van der Waals surface area (Å²) in [4.78, 5) is 0. The van der Waals surface area contributed by atoms with E-state index in [-0.39, 0.29) is 0 Å². The first-order chi connectivity index (χ1) is 5.72. The van der Waals surface area contributed by atoms with Crippen LogP contribution in [0.4, 0.5) is 0 Å². The SMILES string of the molecule is CC(O)CC(O)[SiH](C)O[Si](C)(C)C. The Morgan fingerprint density at radius 3 is 2.08 bits per heavy atom. The first-order valence-electron chi connectivity index (χ1n) is 4.76. The minimum atomic E-state index is -1.52. The normalized spacial score (nSPS) is 19.6. The number of aliphatic hydroxyl groups excluding tert-OH is 2. The van der Waals surface area contributed by atoms with E-state index < -0.39 is 29.2 Å². The topological polar surface area (TPSA) is 49.7 Å². The summed E-state index contributed by atoms with van der Waals surface area (Å²) >= 11 is 0. The predicted octanol–water partition coefficient (Wildman–Crippen LogP) is 0.863. The van der Waals surface area contributed by atoms with Gasteiger partial charge in [-0.05, 0) is 39.5 Å². The fraction of sp³-hybridized carbons (Fsp3) is 1.00. The molecule has 5 heteroatoms. The number of aliphatic hydroxyl groups is 2. The summed E-state index contributed by atoms with van der Waals surface area (Å²) in [5.41, 5.74) is -0.424. The van der Waals surface area contributed by atoms with Crippen LogP contribution in [0, 0.1) is 0 Å². The molecular formula is C8H22O3Si2. The van der Waals surface area contributed by atoms with Crippen LogP contribution in [0.3, 0.4) is 0 Å². The molecule has 3 atom stereocenters. The van der Waals surface area contributed by atoms with Gasteiger partial charge in [0.1, 0.15) is 0 Å². The minimum Gasteiger partial charge on any atom is -0.456 e. The first kappa shape index (κ1) is 13.3. The van der Waals surface area contributed by atoms with Crippen LogP contribution in [0.15, 0.2) is 0 Å². The van der Waals surface area contributed by atoms with Crippen LogP contribution >= 0.6 is 0 Å². The Morgan fingerprint density at radius 1 is 1.31 bits per heavy atom. The van der Waals surface area contributed by atoms with Gasteiger partial charge in [-0.1, -0.05) is 0 Å². The van der Waals surface area contributed by atoms with E-state index in [1.807, 2.05) is 6.55 Å². The lowest BCUT2D eigenvalue weighted by atomic mass is 10.3. The molecule has 3 nitrogen and oxygen atoms in total. The van der Waals surface area contributed by atoms with E-state index in [0.29, 0.717) is 6.42 Å². The van der Waals surface area contributed by atoms with Crippen LogP contribution < -0.4 is 0 Å². The average Bonchev–Trinajstić information content (AvgIpc) is 1.81. The highest BCUT2D eigenvalue weighted by molar-refractivity contribution is 6.77. The largest absolute Gasteiger partial charge is 0.456 e. The van der Waals surface area contributed by atoms with E-state index in [1.54, 1.807) is 6.92 Å². The maximum absolute atomic E-state index is 9.65. The van der Waals surface area contributed by atoms with Gasteiger partial charge in [0, 0.05) is 0 Å². The average molecular weight is 222 g/mol. The number of hydrogen-bond donors (Lipinski definition) is 2. The highest BCUT2D eigenvalue weighted by Crippen LogP contribution is 2.10. The zero-order chi connectivity index (χ0) is 10.6. The van der Waals surface area contributed by atoms with Gasteiger partial charge in [-0.25, -0.2) is 0 Å². The van der Waals surface area contributed by atoms with Crippen molar-refractivity contribution in [1.29, 1.82) is 0 Å². The molecule has 0 saturated heterocycles. The van der Waals surface area contributed by atoms with Crippen molar-refractivity contribution in [2.45, 2.75) is 51.4 Å². The molecular weight excluding hydrogens is 200 g/mol. The van der Waals surface area contributed by atoms with Crippen molar-refractivity contribution >= 4 is 17.4 Å². The third-order valence-electron chi connectivity index (χ3n) is 1.66. The van der Waals surface area contributed by atoms with E-state index >= 15 is 0 Å². The molecule has 0 radical (unpaired) electrons. The molecule has 0 aliphatic carbocycles. The third kappa shape index (κ3) is 7.39. The van der Waals surface area contributed by atoms with Gasteiger partial charge < -0.3 is 14.3 Å². The summed E-state index contributed by atoms with van der Waals surface area (Å²) in [7, 11) is -3.03. The van der Waals surface area contributed by atoms with Crippen LogP contribution in [-0.4, -0.2) is 39.4 Å². The Morgan fingerprint density at radius 2 is 1.77 bits per heavy atom. The molecule has 0 aromatic carbocycles. The molecule has 80 valence electrons. The lowest BCUT2D eigenvalue weighted by Crippen LogP contribution is -2.41. The third-order valence-corrected chi connectivity index (χ3v) is 7.34. The van der Waals surface area contributed by atoms with E-state index in [0.717, 1.165) is 0 Å². The maximum atomic E-state index is 9.65. The maximum Gasteiger partial charge on any atom is 0.189 e. The summed E-state index contributed by atoms with van der Waals surface area (Å²) < 4.78 is 5.82. The molecule has 0 rings (SSSR count). The van der Waals surface area contributed by atoms with Gasteiger partial charge in [0.2, 0.25) is 0 Å². The fourth-order valence-corrected chi connectivity index (χ4v) is 7.04. The lowest BCUT2D eigenvalue weighted by Gasteiger charge is -2.26. The Bertz CT molecular complexity index is 145. The van der Waals surface area contributed by atoms with Crippen LogP contribution in [-0.2, 0) is 4.12 Å². The zero-order valence-electron chi connectivity index (χ0n) is 9.24. The molecule has 3 unspecified atom stereocenters. The van der Waals surface area contributed by atoms with E-state index in [9.17, 15) is 5.11 Å². The van der Waals surface area contributed by atoms with Crippen LogP contribution in [0.2, 0.25) is 26.2 Å². The fourth-order valence-electron chi connectivity index (χ4n) is 1.18. The molecule has 13 heavy (non-hydrogen) atoms. The molecule has 0 bridgehead atoms. The molecule has 0 fully saturated rings. The van der Waals surface area contributed by atoms with Crippen molar-refractivity contribution in [2.24, 2.45) is 0 Å². The van der Waals surface area contributed by atoms with Crippen molar-refractivity contribution < 1.29 is 14.3 Å². The smallest absolute Gasteiger partial charge is 0.189 e. The molecule has 0 aromatic heterocycles. The molecule has 0 aromatic rings. The van der Waals surface area contributed by atoms with Gasteiger partial charge in [0.05, 0.1) is 11.8 Å². The van der Waals surface area contributed by atoms with Gasteiger partial charge >= 0.3 is 0 Å². The standard InChI is InChI=1S/C8H22O3Si2/c1-7(9)6-8(10)12(2)11-13(3,4)5/h7-10,12H,6H2,1-5H3. The Hall–Kier alpha value is 0.314. The van der Waals surface area contributed by atoms with Gasteiger partial charge in [0.25, 0.3) is 0 Å². The Labute approximate surface area is 83.6 Å². The molecule has 2 N–H and O–H groups in total. The second-order valence-corrected chi connectivity index (χ2v) is 11.9. The Kier molecular flexibility index (Phi) is 5.38. The zero-order valence-corrected chi connectivity index (χ0v) is 11.4. The molecule has 0 aliphatic rings. The van der Waals surface area contributed by atoms with Crippen molar-refractivity contribution in [1.82, 2.24) is 0 Å². The number of hydrogen-bond acceptors (Lipinski definition) is 3. The summed E-state index contributed by atoms with van der Waals surface area (Å²) in [6.45, 7) is 10.0. The number of rotatable bonds is 5. The van der Waals surface area contributed by atoms with Crippen LogP contribution in [0.5, 0.6) is 0 Å². The van der Waals surface area contributed by atoms with Crippen molar-refractivity contribution in [2.75, 3.05) is 0 Å².